The Balaban J connectivity index is 1.75. The van der Waals surface area contributed by atoms with Gasteiger partial charge in [0.1, 0.15) is 11.9 Å². The molecule has 0 bridgehead atoms. The molecule has 154 valence electrons. The molecule has 1 saturated carbocycles. The predicted molar refractivity (Wildman–Crippen MR) is 112 cm³/mol. The third kappa shape index (κ3) is 6.04. The molecule has 0 heterocycles. The van der Waals surface area contributed by atoms with E-state index in [2.05, 4.69) is 5.32 Å². The van der Waals surface area contributed by atoms with Crippen LogP contribution in [0.2, 0.25) is 5.02 Å². The molecule has 1 aliphatic rings. The molecule has 3 rings (SSSR count). The smallest absolute Gasteiger partial charge is 0.242 e. The van der Waals surface area contributed by atoms with Crippen molar-refractivity contribution >= 4 is 23.4 Å². The Kier molecular flexibility index (Phi) is 7.26. The lowest BCUT2D eigenvalue weighted by molar-refractivity contribution is -0.140. The second-order valence-corrected chi connectivity index (χ2v) is 8.05. The molecule has 0 aliphatic heterocycles. The fourth-order valence-electron chi connectivity index (χ4n) is 3.64. The van der Waals surface area contributed by atoms with E-state index in [1.54, 1.807) is 36.1 Å². The van der Waals surface area contributed by atoms with Gasteiger partial charge in [-0.05, 0) is 55.2 Å². The number of rotatable bonds is 7. The van der Waals surface area contributed by atoms with E-state index < -0.39 is 6.04 Å². The van der Waals surface area contributed by atoms with Crippen LogP contribution < -0.4 is 5.32 Å². The Hall–Kier alpha value is -2.40. The Morgan fingerprint density at radius 2 is 1.66 bits per heavy atom. The number of benzene rings is 2. The normalized spacial score (nSPS) is 15.1. The summed E-state index contributed by atoms with van der Waals surface area (Å²) in [5.41, 5.74) is 1.60. The number of carbonyl (C=O) groups excluding carboxylic acids is 2. The molecule has 2 aromatic carbocycles. The number of hydrogen-bond acceptors (Lipinski definition) is 2. The van der Waals surface area contributed by atoms with Crippen LogP contribution in [0.25, 0.3) is 0 Å². The minimum absolute atomic E-state index is 0.106. The Morgan fingerprint density at radius 1 is 1.07 bits per heavy atom. The van der Waals surface area contributed by atoms with E-state index >= 15 is 0 Å². The number of carbonyl (C=O) groups is 2. The second-order valence-electron chi connectivity index (χ2n) is 7.62. The number of nitrogens with one attached hydrogen (secondary N) is 1. The van der Waals surface area contributed by atoms with Gasteiger partial charge in [-0.1, -0.05) is 48.7 Å². The van der Waals surface area contributed by atoms with Crippen LogP contribution in [-0.2, 0) is 22.6 Å². The predicted octanol–water partition coefficient (Wildman–Crippen LogP) is 4.50. The van der Waals surface area contributed by atoms with Crippen molar-refractivity contribution in [3.05, 3.63) is 70.5 Å². The summed E-state index contributed by atoms with van der Waals surface area (Å²) in [4.78, 5) is 27.5. The van der Waals surface area contributed by atoms with Crippen molar-refractivity contribution < 1.29 is 14.0 Å². The zero-order valence-electron chi connectivity index (χ0n) is 16.5. The summed E-state index contributed by atoms with van der Waals surface area (Å²) in [5, 5.41) is 3.69. The highest BCUT2D eigenvalue weighted by Crippen LogP contribution is 2.19. The quantitative estimate of drug-likeness (QED) is 0.722. The van der Waals surface area contributed by atoms with E-state index in [0.717, 1.165) is 31.2 Å². The van der Waals surface area contributed by atoms with Crippen LogP contribution in [0.15, 0.2) is 48.5 Å². The van der Waals surface area contributed by atoms with Crippen molar-refractivity contribution in [1.82, 2.24) is 10.2 Å². The standard InChI is InChI=1S/C23H26ClFN2O2/c1-16(23(29)26-21-4-2-3-5-21)27(15-18-6-10-19(24)11-7-18)22(28)14-17-8-12-20(25)13-9-17/h6-13,16,21H,2-5,14-15H2,1H3,(H,26,29)/t16-/m1/s1. The number of hydrogen-bond donors (Lipinski definition) is 1. The van der Waals surface area contributed by atoms with Gasteiger partial charge in [-0.2, -0.15) is 0 Å². The molecule has 0 unspecified atom stereocenters. The van der Waals surface area contributed by atoms with Crippen LogP contribution in [0.3, 0.4) is 0 Å². The highest BCUT2D eigenvalue weighted by molar-refractivity contribution is 6.30. The van der Waals surface area contributed by atoms with Gasteiger partial charge in [0.15, 0.2) is 0 Å². The molecule has 6 heteroatoms. The maximum absolute atomic E-state index is 13.2. The van der Waals surface area contributed by atoms with Gasteiger partial charge in [0.25, 0.3) is 0 Å². The monoisotopic (exact) mass is 416 g/mol. The van der Waals surface area contributed by atoms with E-state index in [9.17, 15) is 14.0 Å². The Morgan fingerprint density at radius 3 is 2.28 bits per heavy atom. The van der Waals surface area contributed by atoms with Crippen LogP contribution in [-0.4, -0.2) is 28.8 Å². The largest absolute Gasteiger partial charge is 0.352 e. The average Bonchev–Trinajstić information content (AvgIpc) is 3.21. The molecule has 0 radical (unpaired) electrons. The highest BCUT2D eigenvalue weighted by Gasteiger charge is 2.28. The number of amides is 2. The van der Waals surface area contributed by atoms with Gasteiger partial charge in [0.05, 0.1) is 6.42 Å². The molecular formula is C23H26ClFN2O2. The molecular weight excluding hydrogens is 391 g/mol. The molecule has 2 aromatic rings. The molecule has 1 atom stereocenters. The summed E-state index contributed by atoms with van der Waals surface area (Å²) >= 11 is 5.96. The van der Waals surface area contributed by atoms with Crippen molar-refractivity contribution in [2.75, 3.05) is 0 Å². The van der Waals surface area contributed by atoms with Crippen molar-refractivity contribution in [2.24, 2.45) is 0 Å². The van der Waals surface area contributed by atoms with Crippen LogP contribution in [0.5, 0.6) is 0 Å². The van der Waals surface area contributed by atoms with E-state index in [-0.39, 0.29) is 30.1 Å². The van der Waals surface area contributed by atoms with Crippen molar-refractivity contribution in [3.8, 4) is 0 Å². The third-order valence-electron chi connectivity index (χ3n) is 5.40. The maximum atomic E-state index is 13.2. The van der Waals surface area contributed by atoms with Gasteiger partial charge in [-0.15, -0.1) is 0 Å². The summed E-state index contributed by atoms with van der Waals surface area (Å²) in [6, 6.07) is 12.7. The first-order valence-electron chi connectivity index (χ1n) is 10.0. The van der Waals surface area contributed by atoms with Gasteiger partial charge < -0.3 is 10.2 Å². The first-order chi connectivity index (χ1) is 13.9. The van der Waals surface area contributed by atoms with Crippen LogP contribution in [0.4, 0.5) is 4.39 Å². The highest BCUT2D eigenvalue weighted by atomic mass is 35.5. The lowest BCUT2D eigenvalue weighted by atomic mass is 10.1. The molecule has 1 aliphatic carbocycles. The van der Waals surface area contributed by atoms with E-state index in [1.807, 2.05) is 12.1 Å². The molecule has 1 N–H and O–H groups in total. The number of nitrogens with zero attached hydrogens (tertiary/aromatic N) is 1. The number of halogens is 2. The van der Waals surface area contributed by atoms with E-state index in [0.29, 0.717) is 17.1 Å². The zero-order chi connectivity index (χ0) is 20.8. The van der Waals surface area contributed by atoms with Gasteiger partial charge in [-0.3, -0.25) is 9.59 Å². The summed E-state index contributed by atoms with van der Waals surface area (Å²) in [5.74, 6) is -0.664. The summed E-state index contributed by atoms with van der Waals surface area (Å²) in [6.45, 7) is 2.05. The van der Waals surface area contributed by atoms with Gasteiger partial charge in [0, 0.05) is 17.6 Å². The minimum Gasteiger partial charge on any atom is -0.352 e. The fraction of sp³-hybridized carbons (Fsp3) is 0.391. The van der Waals surface area contributed by atoms with Crippen molar-refractivity contribution in [2.45, 2.75) is 57.7 Å². The first-order valence-corrected chi connectivity index (χ1v) is 10.4. The Bertz CT molecular complexity index is 833. The van der Waals surface area contributed by atoms with Crippen molar-refractivity contribution in [1.29, 1.82) is 0 Å². The zero-order valence-corrected chi connectivity index (χ0v) is 17.3. The molecule has 0 saturated heterocycles. The molecule has 2 amide bonds. The van der Waals surface area contributed by atoms with Crippen LogP contribution in [0.1, 0.15) is 43.7 Å². The van der Waals surface area contributed by atoms with E-state index in [4.69, 9.17) is 11.6 Å². The molecule has 4 nitrogen and oxygen atoms in total. The molecule has 0 spiro atoms. The first kappa shape index (κ1) is 21.3. The molecule has 1 fully saturated rings. The van der Waals surface area contributed by atoms with Crippen LogP contribution in [0, 0.1) is 5.82 Å². The maximum Gasteiger partial charge on any atom is 0.242 e. The molecule has 29 heavy (non-hydrogen) atoms. The summed E-state index contributed by atoms with van der Waals surface area (Å²) in [6.07, 6.45) is 4.32. The van der Waals surface area contributed by atoms with E-state index in [1.165, 1.54) is 12.1 Å². The Labute approximate surface area is 176 Å². The fourth-order valence-corrected chi connectivity index (χ4v) is 3.77. The average molecular weight is 417 g/mol. The van der Waals surface area contributed by atoms with Gasteiger partial charge >= 0.3 is 0 Å². The van der Waals surface area contributed by atoms with Crippen LogP contribution >= 0.6 is 11.6 Å². The minimum atomic E-state index is -0.612. The van der Waals surface area contributed by atoms with Gasteiger partial charge in [0.2, 0.25) is 11.8 Å². The van der Waals surface area contributed by atoms with Crippen molar-refractivity contribution in [3.63, 3.8) is 0 Å². The summed E-state index contributed by atoms with van der Waals surface area (Å²) in [7, 11) is 0. The molecule has 0 aromatic heterocycles. The topological polar surface area (TPSA) is 49.4 Å². The lowest BCUT2D eigenvalue weighted by Gasteiger charge is -2.30. The summed E-state index contributed by atoms with van der Waals surface area (Å²) < 4.78 is 13.2. The third-order valence-corrected chi connectivity index (χ3v) is 5.66. The lowest BCUT2D eigenvalue weighted by Crippen LogP contribution is -2.50. The second kappa shape index (κ2) is 9.88. The van der Waals surface area contributed by atoms with Gasteiger partial charge in [-0.25, -0.2) is 4.39 Å². The SMILES string of the molecule is C[C@H](C(=O)NC1CCCC1)N(Cc1ccc(Cl)cc1)C(=O)Cc1ccc(F)cc1.